The van der Waals surface area contributed by atoms with E-state index in [2.05, 4.69) is 27.8 Å². The van der Waals surface area contributed by atoms with Gasteiger partial charge < -0.3 is 56.4 Å². The van der Waals surface area contributed by atoms with Crippen LogP contribution in [0.4, 0.5) is 20.1 Å². The maximum Gasteiger partial charge on any atom is 0.422 e. The lowest BCUT2D eigenvalue weighted by molar-refractivity contribution is -0.127. The van der Waals surface area contributed by atoms with E-state index >= 15 is 0 Å². The number of nitrogens with one attached hydrogen (secondary N) is 6. The van der Waals surface area contributed by atoms with Gasteiger partial charge in [0.2, 0.25) is 11.8 Å². The Balaban J connectivity index is 2.27. The second-order valence-electron chi connectivity index (χ2n) is 9.75. The Hall–Kier alpha value is -4.53. The zero-order chi connectivity index (χ0) is 34.9. The van der Waals surface area contributed by atoms with Crippen LogP contribution in [0.1, 0.15) is 25.3 Å². The van der Waals surface area contributed by atoms with Gasteiger partial charge in [-0.3, -0.25) is 15.4 Å². The summed E-state index contributed by atoms with van der Waals surface area (Å²) in [6, 6.07) is 3.99. The van der Waals surface area contributed by atoms with Crippen LogP contribution < -0.4 is 49.5 Å². The van der Waals surface area contributed by atoms with Gasteiger partial charge in [0, 0.05) is 18.8 Å². The topological polar surface area (TPSA) is 282 Å². The van der Waals surface area contributed by atoms with Crippen LogP contribution in [0.15, 0.2) is 36.4 Å². The maximum absolute atomic E-state index is 12.9. The number of anilines is 1. The summed E-state index contributed by atoms with van der Waals surface area (Å²) in [7, 11) is 0. The third kappa shape index (κ3) is 20.3. The quantitative estimate of drug-likeness (QED) is 0.0272. The van der Waals surface area contributed by atoms with E-state index in [1.807, 2.05) is 11.0 Å². The average Bonchev–Trinajstić information content (AvgIpc) is 3.03. The van der Waals surface area contributed by atoms with Crippen LogP contribution >= 0.6 is 0 Å². The van der Waals surface area contributed by atoms with Gasteiger partial charge in [0.25, 0.3) is 0 Å². The summed E-state index contributed by atoms with van der Waals surface area (Å²) in [6.07, 6.45) is -0.756. The first kappa shape index (κ1) is 40.5. The molecule has 264 valence electrons. The van der Waals surface area contributed by atoms with Crippen molar-refractivity contribution in [2.24, 2.45) is 17.3 Å². The SMILES string of the molecule is C=C(C)[C@H](N)C(=O)N[C@@H](CCCNC(N)=O)C(=O)Nc1ccc(COC(=O)NCCOCCOCCOCCOC(=O)NNN)cc1. The molecule has 0 heterocycles. The molecular weight excluding hydrogens is 622 g/mol. The van der Waals surface area contributed by atoms with E-state index in [0.29, 0.717) is 49.7 Å². The number of urea groups is 1. The highest BCUT2D eigenvalue weighted by Gasteiger charge is 2.24. The molecule has 0 bridgehead atoms. The molecule has 1 aromatic carbocycles. The molecule has 19 nitrogen and oxygen atoms in total. The molecule has 0 spiro atoms. The third-order valence-electron chi connectivity index (χ3n) is 5.90. The van der Waals surface area contributed by atoms with Crippen LogP contribution in [0, 0.1) is 0 Å². The Morgan fingerprint density at radius 3 is 2.02 bits per heavy atom. The summed E-state index contributed by atoms with van der Waals surface area (Å²) in [5.74, 6) is 3.86. The van der Waals surface area contributed by atoms with Crippen molar-refractivity contribution in [3.8, 4) is 0 Å². The lowest BCUT2D eigenvalue weighted by Gasteiger charge is -2.21. The van der Waals surface area contributed by atoms with E-state index < -0.39 is 42.1 Å². The minimum Gasteiger partial charge on any atom is -0.446 e. The number of amides is 6. The first-order valence-corrected chi connectivity index (χ1v) is 14.7. The monoisotopic (exact) mass is 669 g/mol. The van der Waals surface area contributed by atoms with Crippen LogP contribution in [0.25, 0.3) is 0 Å². The molecule has 0 aliphatic heterocycles. The molecule has 0 fully saturated rings. The van der Waals surface area contributed by atoms with Gasteiger partial charge in [0.05, 0.1) is 39.6 Å². The predicted octanol–water partition coefficient (Wildman–Crippen LogP) is -1.16. The van der Waals surface area contributed by atoms with Gasteiger partial charge in [-0.15, -0.1) is 0 Å². The molecule has 2 atom stereocenters. The van der Waals surface area contributed by atoms with Crippen molar-refractivity contribution in [3.63, 3.8) is 0 Å². The number of carbonyl (C=O) groups excluding carboxylic acids is 5. The molecule has 1 aromatic rings. The van der Waals surface area contributed by atoms with Crippen molar-refractivity contribution in [2.75, 3.05) is 64.7 Å². The number of rotatable bonds is 24. The molecule has 0 aliphatic carbocycles. The number of nitrogens with two attached hydrogens (primary N) is 3. The van der Waals surface area contributed by atoms with Crippen molar-refractivity contribution in [3.05, 3.63) is 42.0 Å². The van der Waals surface area contributed by atoms with Gasteiger partial charge >= 0.3 is 18.2 Å². The molecule has 0 saturated heterocycles. The largest absolute Gasteiger partial charge is 0.446 e. The second-order valence-corrected chi connectivity index (χ2v) is 9.75. The number of alkyl carbamates (subject to hydrolysis) is 1. The molecule has 0 saturated carbocycles. The van der Waals surface area contributed by atoms with Gasteiger partial charge in [-0.1, -0.05) is 24.3 Å². The maximum atomic E-state index is 12.9. The van der Waals surface area contributed by atoms with Gasteiger partial charge in [0.1, 0.15) is 25.3 Å². The van der Waals surface area contributed by atoms with Crippen molar-refractivity contribution >= 4 is 35.7 Å². The summed E-state index contributed by atoms with van der Waals surface area (Å²) in [5, 5.41) is 10.4. The molecule has 6 amide bonds. The van der Waals surface area contributed by atoms with E-state index in [1.165, 1.54) is 0 Å². The van der Waals surface area contributed by atoms with Crippen molar-refractivity contribution < 1.29 is 47.7 Å². The number of benzene rings is 1. The summed E-state index contributed by atoms with van der Waals surface area (Å²) in [5.41, 5.74) is 16.4. The summed E-state index contributed by atoms with van der Waals surface area (Å²) in [6.45, 7) is 7.54. The fraction of sp³-hybridized carbons (Fsp3) is 0.536. The molecule has 0 aromatic heterocycles. The number of carbonyl (C=O) groups is 5. The van der Waals surface area contributed by atoms with Gasteiger partial charge in [0.15, 0.2) is 0 Å². The summed E-state index contributed by atoms with van der Waals surface area (Å²) in [4.78, 5) is 59.2. The van der Waals surface area contributed by atoms with Gasteiger partial charge in [-0.05, 0) is 37.5 Å². The summed E-state index contributed by atoms with van der Waals surface area (Å²) >= 11 is 0. The van der Waals surface area contributed by atoms with Gasteiger partial charge in [-0.25, -0.2) is 19.8 Å². The summed E-state index contributed by atoms with van der Waals surface area (Å²) < 4.78 is 25.9. The molecular formula is C28H47N9O10. The molecule has 1 rings (SSSR count). The lowest BCUT2D eigenvalue weighted by Crippen LogP contribution is -2.50. The second kappa shape index (κ2) is 24.7. The van der Waals surface area contributed by atoms with Crippen molar-refractivity contribution in [2.45, 2.75) is 38.5 Å². The molecule has 0 unspecified atom stereocenters. The minimum atomic E-state index is -0.980. The highest BCUT2D eigenvalue weighted by atomic mass is 16.6. The Kier molecular flexibility index (Phi) is 21.3. The predicted molar refractivity (Wildman–Crippen MR) is 169 cm³/mol. The van der Waals surface area contributed by atoms with Gasteiger partial charge in [-0.2, -0.15) is 5.53 Å². The zero-order valence-corrected chi connectivity index (χ0v) is 26.5. The molecule has 12 N–H and O–H groups in total. The normalized spacial score (nSPS) is 11.8. The Bertz CT molecular complexity index is 1120. The Morgan fingerprint density at radius 2 is 1.43 bits per heavy atom. The first-order chi connectivity index (χ1) is 22.5. The first-order valence-electron chi connectivity index (χ1n) is 14.7. The number of primary amides is 1. The number of hydrogen-bond donors (Lipinski definition) is 9. The Morgan fingerprint density at radius 1 is 0.809 bits per heavy atom. The van der Waals surface area contributed by atoms with E-state index in [1.54, 1.807) is 31.2 Å². The molecule has 0 radical (unpaired) electrons. The van der Waals surface area contributed by atoms with E-state index in [9.17, 15) is 24.0 Å². The van der Waals surface area contributed by atoms with Crippen molar-refractivity contribution in [1.82, 2.24) is 26.9 Å². The smallest absolute Gasteiger partial charge is 0.422 e. The van der Waals surface area contributed by atoms with Crippen LogP contribution in [0.2, 0.25) is 0 Å². The number of hydrazine groups is 2. The standard InChI is InChI=1S/C28H47N9O10/c1-19(2)23(29)25(39)35-22(4-3-9-32-26(30)40)24(38)34-21-7-5-20(6-8-21)18-47-27(41)33-10-11-43-12-13-44-14-15-45-16-17-46-28(42)36-37-31/h5-8,22-23,37H,1,3-4,9-18,29,31H2,2H3,(H,33,41)(H,34,38)(H,35,39)(H,36,42)(H3,30,32,40)/t22-,23-/m0/s1. The Labute approximate surface area is 272 Å². The molecule has 0 aliphatic rings. The van der Waals surface area contributed by atoms with Crippen LogP contribution in [0.3, 0.4) is 0 Å². The lowest BCUT2D eigenvalue weighted by atomic mass is 10.1. The van der Waals surface area contributed by atoms with Crippen LogP contribution in [-0.4, -0.2) is 101 Å². The zero-order valence-electron chi connectivity index (χ0n) is 26.5. The third-order valence-corrected chi connectivity index (χ3v) is 5.90. The fourth-order valence-corrected chi connectivity index (χ4v) is 3.44. The minimum absolute atomic E-state index is 0.00854. The fourth-order valence-electron chi connectivity index (χ4n) is 3.44. The van der Waals surface area contributed by atoms with E-state index in [0.717, 1.165) is 0 Å². The van der Waals surface area contributed by atoms with E-state index in [4.69, 9.17) is 41.0 Å². The highest BCUT2D eigenvalue weighted by Crippen LogP contribution is 2.12. The average molecular weight is 670 g/mol. The molecule has 47 heavy (non-hydrogen) atoms. The highest BCUT2D eigenvalue weighted by molar-refractivity contribution is 5.98. The van der Waals surface area contributed by atoms with Crippen LogP contribution in [-0.2, 0) is 39.9 Å². The van der Waals surface area contributed by atoms with E-state index in [-0.39, 0.29) is 45.9 Å². The number of hydrogen-bond acceptors (Lipinski definition) is 13. The number of ether oxygens (including phenoxy) is 5. The van der Waals surface area contributed by atoms with Crippen LogP contribution in [0.5, 0.6) is 0 Å². The molecule has 19 heteroatoms. The van der Waals surface area contributed by atoms with Crippen molar-refractivity contribution in [1.29, 1.82) is 0 Å².